The van der Waals surface area contributed by atoms with Crippen LogP contribution in [0.15, 0.2) is 0 Å². The Kier molecular flexibility index (Phi) is 5.26. The van der Waals surface area contributed by atoms with Crippen molar-refractivity contribution >= 4 is 0 Å². The van der Waals surface area contributed by atoms with Gasteiger partial charge in [-0.05, 0) is 6.42 Å². The third kappa shape index (κ3) is 5.83. The van der Waals surface area contributed by atoms with Gasteiger partial charge in [-0.1, -0.05) is 6.92 Å². The maximum atomic E-state index is 8.68. The fourth-order valence-corrected chi connectivity index (χ4v) is 0.657. The largest absolute Gasteiger partial charge is 0.366 e. The van der Waals surface area contributed by atoms with Crippen molar-refractivity contribution in [1.29, 1.82) is 0 Å². The van der Waals surface area contributed by atoms with E-state index in [1.165, 1.54) is 0 Å². The molecule has 72 valence electrons. The summed E-state index contributed by atoms with van der Waals surface area (Å²) in [6, 6.07) is 0. The molecule has 1 aliphatic heterocycles. The molecule has 0 amide bonds. The lowest BCUT2D eigenvalue weighted by Crippen LogP contribution is -2.09. The van der Waals surface area contributed by atoms with E-state index in [9.17, 15) is 0 Å². The smallest absolute Gasteiger partial charge is 0.291 e. The van der Waals surface area contributed by atoms with E-state index in [1.54, 1.807) is 0 Å². The lowest BCUT2D eigenvalue weighted by molar-refractivity contribution is -0.742. The van der Waals surface area contributed by atoms with Crippen LogP contribution >= 0.6 is 0 Å². The van der Waals surface area contributed by atoms with E-state index >= 15 is 0 Å². The highest BCUT2D eigenvalue weighted by molar-refractivity contribution is 4.51. The molecule has 0 aromatic carbocycles. The molecule has 7 nitrogen and oxygen atoms in total. The minimum Gasteiger partial charge on any atom is -0.366 e. The molecule has 0 spiro atoms. The van der Waals surface area contributed by atoms with Crippen LogP contribution in [0.1, 0.15) is 13.3 Å². The summed E-state index contributed by atoms with van der Waals surface area (Å²) in [5.41, 5.74) is 0. The predicted octanol–water partition coefficient (Wildman–Crippen LogP) is -0.260. The monoisotopic (exact) mass is 181 g/mol. The van der Waals surface area contributed by atoms with Gasteiger partial charge in [-0.15, -0.1) is 10.1 Å². The van der Waals surface area contributed by atoms with Gasteiger partial charge in [0, 0.05) is 0 Å². The molecule has 0 aromatic heterocycles. The molecule has 1 fully saturated rings. The Morgan fingerprint density at radius 2 is 2.25 bits per heavy atom. The highest BCUT2D eigenvalue weighted by atomic mass is 16.9. The van der Waals surface area contributed by atoms with E-state index in [0.717, 1.165) is 6.42 Å². The van der Waals surface area contributed by atoms with Crippen LogP contribution < -0.4 is 0 Å². The number of rotatable bonds is 1. The molecule has 1 saturated heterocycles. The molecule has 2 atom stereocenters. The maximum Gasteiger partial charge on any atom is 0.291 e. The van der Waals surface area contributed by atoms with E-state index in [-0.39, 0.29) is 6.29 Å². The minimum atomic E-state index is -1.50. The summed E-state index contributed by atoms with van der Waals surface area (Å²) in [5, 5.41) is 22.3. The van der Waals surface area contributed by atoms with Crippen LogP contribution in [-0.4, -0.2) is 34.6 Å². The second-order valence-electron chi connectivity index (χ2n) is 2.00. The molecular formula is C5H11NO6. The van der Waals surface area contributed by atoms with E-state index < -0.39 is 11.4 Å². The molecule has 0 radical (unpaired) electrons. The first-order valence-corrected chi connectivity index (χ1v) is 3.34. The molecule has 2 N–H and O–H groups in total. The zero-order valence-electron chi connectivity index (χ0n) is 6.54. The zero-order valence-corrected chi connectivity index (χ0v) is 6.54. The SMILES string of the molecule is CCC1OCC(O)O1.O=[N+]([O-])O. The number of ether oxygens (including phenoxy) is 2. The molecule has 1 rings (SSSR count). The average molecular weight is 181 g/mol. The molecule has 1 aliphatic rings. The molecule has 0 aliphatic carbocycles. The fourth-order valence-electron chi connectivity index (χ4n) is 0.657. The third-order valence-corrected chi connectivity index (χ3v) is 1.07. The first-order chi connectivity index (χ1) is 5.56. The molecular weight excluding hydrogens is 170 g/mol. The summed E-state index contributed by atoms with van der Waals surface area (Å²) in [5.74, 6) is 0. The van der Waals surface area contributed by atoms with Crippen LogP contribution in [0, 0.1) is 10.1 Å². The summed E-state index contributed by atoms with van der Waals surface area (Å²) < 4.78 is 9.79. The minimum absolute atomic E-state index is 0.176. The Labute approximate surface area is 68.6 Å². The Hall–Kier alpha value is -0.920. The molecule has 0 aromatic rings. The van der Waals surface area contributed by atoms with Gasteiger partial charge in [-0.3, -0.25) is 0 Å². The van der Waals surface area contributed by atoms with Gasteiger partial charge >= 0.3 is 0 Å². The van der Waals surface area contributed by atoms with Crippen molar-refractivity contribution in [3.05, 3.63) is 10.1 Å². The maximum absolute atomic E-state index is 8.68. The van der Waals surface area contributed by atoms with Gasteiger partial charge in [0.1, 0.15) is 6.61 Å². The lowest BCUT2D eigenvalue weighted by atomic mass is 10.5. The molecule has 2 unspecified atom stereocenters. The molecule has 0 saturated carbocycles. The van der Waals surface area contributed by atoms with Gasteiger partial charge in [0.05, 0.1) is 0 Å². The Morgan fingerprint density at radius 1 is 1.75 bits per heavy atom. The highest BCUT2D eigenvalue weighted by Gasteiger charge is 2.21. The van der Waals surface area contributed by atoms with E-state index in [4.69, 9.17) is 29.9 Å². The number of nitrogens with zero attached hydrogens (tertiary/aromatic N) is 1. The van der Waals surface area contributed by atoms with Crippen LogP contribution in [0.4, 0.5) is 0 Å². The van der Waals surface area contributed by atoms with Crippen molar-refractivity contribution in [1.82, 2.24) is 0 Å². The molecule has 7 heteroatoms. The van der Waals surface area contributed by atoms with E-state index in [0.29, 0.717) is 6.61 Å². The fraction of sp³-hybridized carbons (Fsp3) is 1.00. The number of hydrogen-bond acceptors (Lipinski definition) is 5. The van der Waals surface area contributed by atoms with Crippen LogP contribution in [-0.2, 0) is 9.47 Å². The standard InChI is InChI=1S/C5H10O3.HNO3/c1-2-5-7-3-4(6)8-5;2-1(3)4/h4-6H,2-3H2,1H3;(H,2,3,4). The van der Waals surface area contributed by atoms with Crippen LogP contribution in [0.25, 0.3) is 0 Å². The number of hydrogen-bond donors (Lipinski definition) is 2. The molecule has 0 bridgehead atoms. The Balaban J connectivity index is 0.000000261. The first kappa shape index (κ1) is 11.1. The second-order valence-corrected chi connectivity index (χ2v) is 2.00. The number of aliphatic hydroxyl groups is 1. The van der Waals surface area contributed by atoms with Gasteiger partial charge in [-0.25, -0.2) is 0 Å². The van der Waals surface area contributed by atoms with Gasteiger partial charge in [0.25, 0.3) is 5.09 Å². The molecule has 12 heavy (non-hydrogen) atoms. The van der Waals surface area contributed by atoms with Crippen molar-refractivity contribution in [2.24, 2.45) is 0 Å². The summed E-state index contributed by atoms with van der Waals surface area (Å²) in [7, 11) is 0. The van der Waals surface area contributed by atoms with Gasteiger partial charge < -0.3 is 19.8 Å². The van der Waals surface area contributed by atoms with Crippen LogP contribution in [0.2, 0.25) is 0 Å². The zero-order chi connectivity index (χ0) is 9.56. The van der Waals surface area contributed by atoms with E-state index in [1.807, 2.05) is 6.92 Å². The summed E-state index contributed by atoms with van der Waals surface area (Å²) in [6.07, 6.45) is -0.0678. The number of aliphatic hydroxyl groups excluding tert-OH is 1. The van der Waals surface area contributed by atoms with Gasteiger partial charge in [-0.2, -0.15) is 0 Å². The topological polar surface area (TPSA) is 102 Å². The summed E-state index contributed by atoms with van der Waals surface area (Å²) in [4.78, 5) is 8.36. The quantitative estimate of drug-likeness (QED) is 0.426. The normalized spacial score (nSPS) is 27.5. The van der Waals surface area contributed by atoms with Gasteiger partial charge in [0.15, 0.2) is 12.6 Å². The van der Waals surface area contributed by atoms with Crippen molar-refractivity contribution in [2.75, 3.05) is 6.61 Å². The third-order valence-electron chi connectivity index (χ3n) is 1.07. The summed E-state index contributed by atoms with van der Waals surface area (Å²) >= 11 is 0. The second kappa shape index (κ2) is 5.70. The van der Waals surface area contributed by atoms with Crippen molar-refractivity contribution in [2.45, 2.75) is 25.9 Å². The Bertz CT molecular complexity index is 136. The lowest BCUT2D eigenvalue weighted by Gasteiger charge is -2.02. The van der Waals surface area contributed by atoms with E-state index in [2.05, 4.69) is 0 Å². The van der Waals surface area contributed by atoms with Crippen molar-refractivity contribution in [3.8, 4) is 0 Å². The highest BCUT2D eigenvalue weighted by Crippen LogP contribution is 2.10. The predicted molar refractivity (Wildman–Crippen MR) is 35.9 cm³/mol. The Morgan fingerprint density at radius 3 is 2.42 bits per heavy atom. The summed E-state index contributed by atoms with van der Waals surface area (Å²) in [6.45, 7) is 2.27. The van der Waals surface area contributed by atoms with Crippen molar-refractivity contribution in [3.63, 3.8) is 0 Å². The van der Waals surface area contributed by atoms with Crippen LogP contribution in [0.5, 0.6) is 0 Å². The first-order valence-electron chi connectivity index (χ1n) is 3.34. The molecule has 1 heterocycles. The van der Waals surface area contributed by atoms with Crippen LogP contribution in [0.3, 0.4) is 0 Å². The van der Waals surface area contributed by atoms with Gasteiger partial charge in [0.2, 0.25) is 0 Å². The average Bonchev–Trinajstić information content (AvgIpc) is 2.34. The van der Waals surface area contributed by atoms with Crippen molar-refractivity contribution < 1.29 is 24.9 Å².